The minimum Gasteiger partial charge on any atom is -0.395 e. The number of aliphatic hydroxyl groups excluding tert-OH is 1. The number of carbonyl (C=O) groups excluding carboxylic acids is 2. The number of hydrogen-bond donors (Lipinski definition) is 3. The van der Waals surface area contributed by atoms with Gasteiger partial charge in [-0.25, -0.2) is 0 Å². The Morgan fingerprint density at radius 1 is 1.04 bits per heavy atom. The van der Waals surface area contributed by atoms with Crippen LogP contribution in [0, 0.1) is 0 Å². The van der Waals surface area contributed by atoms with Crippen LogP contribution in [0.3, 0.4) is 0 Å². The van der Waals surface area contributed by atoms with E-state index in [1.54, 1.807) is 31.3 Å². The average Bonchev–Trinajstić information content (AvgIpc) is 2.64. The van der Waals surface area contributed by atoms with E-state index < -0.39 is 0 Å². The molecule has 0 aliphatic rings. The van der Waals surface area contributed by atoms with E-state index in [-0.39, 0.29) is 31.5 Å². The highest BCUT2D eigenvalue weighted by Crippen LogP contribution is 2.14. The van der Waals surface area contributed by atoms with E-state index in [9.17, 15) is 14.7 Å². The maximum Gasteiger partial charge on any atom is 0.251 e. The Kier molecular flexibility index (Phi) is 6.33. The summed E-state index contributed by atoms with van der Waals surface area (Å²) in [7, 11) is 1.58. The molecule has 0 aliphatic heterocycles. The molecule has 0 heterocycles. The van der Waals surface area contributed by atoms with Crippen molar-refractivity contribution in [1.82, 2.24) is 5.32 Å². The largest absolute Gasteiger partial charge is 0.395 e. The van der Waals surface area contributed by atoms with Crippen molar-refractivity contribution in [2.45, 2.75) is 0 Å². The van der Waals surface area contributed by atoms with Crippen LogP contribution in [0.15, 0.2) is 54.6 Å². The molecule has 0 radical (unpaired) electrons. The van der Waals surface area contributed by atoms with Crippen molar-refractivity contribution in [3.8, 4) is 0 Å². The molecule has 0 atom stereocenters. The summed E-state index contributed by atoms with van der Waals surface area (Å²) in [6.07, 6.45) is 0. The van der Waals surface area contributed by atoms with Gasteiger partial charge in [-0.3, -0.25) is 9.59 Å². The Morgan fingerprint density at radius 3 is 2.29 bits per heavy atom. The number of carbonyl (C=O) groups is 2. The Bertz CT molecular complexity index is 672. The molecule has 0 bridgehead atoms. The third-order valence-electron chi connectivity index (χ3n) is 3.51. The fraction of sp³-hybridized carbons (Fsp3) is 0.222. The molecule has 24 heavy (non-hydrogen) atoms. The SMILES string of the molecule is CNC(=O)c1ccc(NCC(=O)N(CCO)c2ccccc2)cc1. The van der Waals surface area contributed by atoms with Crippen LogP contribution in [-0.2, 0) is 4.79 Å². The molecule has 6 nitrogen and oxygen atoms in total. The number of benzene rings is 2. The summed E-state index contributed by atoms with van der Waals surface area (Å²) in [5.74, 6) is -0.304. The van der Waals surface area contributed by atoms with Crippen LogP contribution in [0.5, 0.6) is 0 Å². The third-order valence-corrected chi connectivity index (χ3v) is 3.51. The zero-order valence-electron chi connectivity index (χ0n) is 13.5. The molecule has 2 rings (SSSR count). The smallest absolute Gasteiger partial charge is 0.251 e. The maximum absolute atomic E-state index is 12.4. The van der Waals surface area contributed by atoms with Crippen LogP contribution >= 0.6 is 0 Å². The molecule has 0 fully saturated rings. The van der Waals surface area contributed by atoms with Gasteiger partial charge in [0.2, 0.25) is 5.91 Å². The van der Waals surface area contributed by atoms with Gasteiger partial charge in [0.05, 0.1) is 13.2 Å². The molecule has 0 aromatic heterocycles. The van der Waals surface area contributed by atoms with Gasteiger partial charge in [-0.1, -0.05) is 18.2 Å². The van der Waals surface area contributed by atoms with Gasteiger partial charge < -0.3 is 20.6 Å². The predicted molar refractivity (Wildman–Crippen MR) is 94.2 cm³/mol. The maximum atomic E-state index is 12.4. The zero-order chi connectivity index (χ0) is 17.4. The topological polar surface area (TPSA) is 81.7 Å². The predicted octanol–water partition coefficient (Wildman–Crippen LogP) is 1.48. The molecule has 126 valence electrons. The van der Waals surface area contributed by atoms with Gasteiger partial charge >= 0.3 is 0 Å². The summed E-state index contributed by atoms with van der Waals surface area (Å²) in [4.78, 5) is 25.4. The minimum absolute atomic E-state index is 0.0915. The fourth-order valence-corrected chi connectivity index (χ4v) is 2.26. The minimum atomic E-state index is -0.157. The van der Waals surface area contributed by atoms with Crippen molar-refractivity contribution >= 4 is 23.2 Å². The van der Waals surface area contributed by atoms with E-state index in [0.717, 1.165) is 11.4 Å². The van der Waals surface area contributed by atoms with Gasteiger partial charge in [-0.05, 0) is 36.4 Å². The molecule has 3 N–H and O–H groups in total. The molecule has 2 aromatic carbocycles. The van der Waals surface area contributed by atoms with E-state index in [1.807, 2.05) is 30.3 Å². The first-order valence-corrected chi connectivity index (χ1v) is 7.68. The van der Waals surface area contributed by atoms with Crippen LogP contribution in [0.4, 0.5) is 11.4 Å². The molecular weight excluding hydrogens is 306 g/mol. The summed E-state index contributed by atoms with van der Waals surface area (Å²) in [5, 5.41) is 14.8. The summed E-state index contributed by atoms with van der Waals surface area (Å²) in [6, 6.07) is 16.1. The number of hydrogen-bond acceptors (Lipinski definition) is 4. The highest BCUT2D eigenvalue weighted by atomic mass is 16.3. The van der Waals surface area contributed by atoms with Crippen molar-refractivity contribution in [2.24, 2.45) is 0 Å². The van der Waals surface area contributed by atoms with Gasteiger partial charge in [-0.2, -0.15) is 0 Å². The summed E-state index contributed by atoms with van der Waals surface area (Å²) in [6.45, 7) is 0.218. The lowest BCUT2D eigenvalue weighted by molar-refractivity contribution is -0.117. The monoisotopic (exact) mass is 327 g/mol. The third kappa shape index (κ3) is 4.57. The van der Waals surface area contributed by atoms with E-state index in [0.29, 0.717) is 5.56 Å². The van der Waals surface area contributed by atoms with Crippen LogP contribution in [0.2, 0.25) is 0 Å². The number of anilines is 2. The van der Waals surface area contributed by atoms with Crippen molar-refractivity contribution in [1.29, 1.82) is 0 Å². The van der Waals surface area contributed by atoms with Crippen molar-refractivity contribution in [3.63, 3.8) is 0 Å². The van der Waals surface area contributed by atoms with Crippen LogP contribution in [0.1, 0.15) is 10.4 Å². The molecule has 2 amide bonds. The Morgan fingerprint density at radius 2 is 1.71 bits per heavy atom. The fourth-order valence-electron chi connectivity index (χ4n) is 2.26. The molecule has 0 aliphatic carbocycles. The Labute approximate surface area is 141 Å². The molecule has 0 unspecified atom stereocenters. The van der Waals surface area contributed by atoms with Crippen LogP contribution in [-0.4, -0.2) is 43.7 Å². The second kappa shape index (κ2) is 8.69. The Hall–Kier alpha value is -2.86. The van der Waals surface area contributed by atoms with E-state index >= 15 is 0 Å². The van der Waals surface area contributed by atoms with Gasteiger partial charge in [0.25, 0.3) is 5.91 Å². The first kappa shape index (κ1) is 17.5. The molecule has 0 saturated heterocycles. The second-order valence-electron chi connectivity index (χ2n) is 5.11. The zero-order valence-corrected chi connectivity index (χ0v) is 13.5. The lowest BCUT2D eigenvalue weighted by atomic mass is 10.2. The molecule has 0 spiro atoms. The van der Waals surface area contributed by atoms with Gasteiger partial charge in [0, 0.05) is 30.5 Å². The van der Waals surface area contributed by atoms with E-state index in [1.165, 1.54) is 4.90 Å². The molecule has 0 saturated carbocycles. The van der Waals surface area contributed by atoms with Crippen molar-refractivity contribution < 1.29 is 14.7 Å². The van der Waals surface area contributed by atoms with E-state index in [2.05, 4.69) is 10.6 Å². The van der Waals surface area contributed by atoms with Crippen molar-refractivity contribution in [3.05, 3.63) is 60.2 Å². The number of rotatable bonds is 7. The van der Waals surface area contributed by atoms with E-state index in [4.69, 9.17) is 0 Å². The van der Waals surface area contributed by atoms with Crippen molar-refractivity contribution in [2.75, 3.05) is 37.0 Å². The quantitative estimate of drug-likeness (QED) is 0.719. The highest BCUT2D eigenvalue weighted by Gasteiger charge is 2.14. The Balaban J connectivity index is 1.99. The second-order valence-corrected chi connectivity index (χ2v) is 5.11. The number of para-hydroxylation sites is 1. The number of aliphatic hydroxyl groups is 1. The van der Waals surface area contributed by atoms with Gasteiger partial charge in [0.1, 0.15) is 0 Å². The number of nitrogens with zero attached hydrogens (tertiary/aromatic N) is 1. The first-order valence-electron chi connectivity index (χ1n) is 7.68. The summed E-state index contributed by atoms with van der Waals surface area (Å²) >= 11 is 0. The lowest BCUT2D eigenvalue weighted by Crippen LogP contribution is -2.37. The van der Waals surface area contributed by atoms with Crippen LogP contribution < -0.4 is 15.5 Å². The highest BCUT2D eigenvalue weighted by molar-refractivity contribution is 5.96. The molecule has 2 aromatic rings. The lowest BCUT2D eigenvalue weighted by Gasteiger charge is -2.22. The van der Waals surface area contributed by atoms with Gasteiger partial charge in [0.15, 0.2) is 0 Å². The normalized spacial score (nSPS) is 10.1. The summed E-state index contributed by atoms with van der Waals surface area (Å²) < 4.78 is 0. The van der Waals surface area contributed by atoms with Gasteiger partial charge in [-0.15, -0.1) is 0 Å². The molecular formula is C18H21N3O3. The first-order chi connectivity index (χ1) is 11.7. The average molecular weight is 327 g/mol. The molecule has 6 heteroatoms. The standard InChI is InChI=1S/C18H21N3O3/c1-19-18(24)14-7-9-15(10-8-14)20-13-17(23)21(11-12-22)16-5-3-2-4-6-16/h2-10,20,22H,11-13H2,1H3,(H,19,24). The summed E-state index contributed by atoms with van der Waals surface area (Å²) in [5.41, 5.74) is 2.04. The van der Waals surface area contributed by atoms with Crippen LogP contribution in [0.25, 0.3) is 0 Å². The number of nitrogens with one attached hydrogen (secondary N) is 2. The number of amides is 2.